The monoisotopic (exact) mass is 331 g/mol. The van der Waals surface area contributed by atoms with Crippen molar-refractivity contribution in [1.82, 2.24) is 4.90 Å². The highest BCUT2D eigenvalue weighted by molar-refractivity contribution is 9.10. The molecule has 0 aromatic heterocycles. The van der Waals surface area contributed by atoms with Gasteiger partial charge in [-0.1, -0.05) is 27.5 Å². The van der Waals surface area contributed by atoms with E-state index in [1.165, 1.54) is 0 Å². The molecule has 1 saturated heterocycles. The van der Waals surface area contributed by atoms with E-state index in [9.17, 15) is 4.79 Å². The van der Waals surface area contributed by atoms with Gasteiger partial charge in [0, 0.05) is 24.7 Å². The first kappa shape index (κ1) is 13.8. The van der Waals surface area contributed by atoms with Gasteiger partial charge in [0.15, 0.2) is 0 Å². The Labute approximate surface area is 120 Å². The molecule has 1 aliphatic rings. The van der Waals surface area contributed by atoms with Crippen LogP contribution in [-0.4, -0.2) is 37.1 Å². The molecular formula is C13H15BrClNO2. The van der Waals surface area contributed by atoms with E-state index in [-0.39, 0.29) is 12.0 Å². The molecule has 0 bridgehead atoms. The van der Waals surface area contributed by atoms with Crippen LogP contribution in [0.1, 0.15) is 23.2 Å². The van der Waals surface area contributed by atoms with Crippen LogP contribution in [-0.2, 0) is 4.74 Å². The van der Waals surface area contributed by atoms with Crippen LogP contribution in [0.5, 0.6) is 0 Å². The predicted molar refractivity (Wildman–Crippen MR) is 75.1 cm³/mol. The number of carbonyl (C=O) groups excluding carboxylic acids is 1. The third kappa shape index (κ3) is 3.25. The van der Waals surface area contributed by atoms with Crippen molar-refractivity contribution in [2.45, 2.75) is 18.9 Å². The molecule has 1 fully saturated rings. The number of likely N-dealkylation sites (N-methyl/N-ethyl adjacent to an activating group) is 1. The predicted octanol–water partition coefficient (Wildman–Crippen LogP) is 3.35. The summed E-state index contributed by atoms with van der Waals surface area (Å²) in [6.45, 7) is 1.41. The van der Waals surface area contributed by atoms with Gasteiger partial charge < -0.3 is 9.64 Å². The van der Waals surface area contributed by atoms with Gasteiger partial charge in [-0.25, -0.2) is 0 Å². The molecule has 3 nitrogen and oxygen atoms in total. The molecule has 1 amide bonds. The molecular weight excluding hydrogens is 318 g/mol. The van der Waals surface area contributed by atoms with E-state index >= 15 is 0 Å². The normalized spacial score (nSPS) is 18.9. The SMILES string of the molecule is CN(CC1CCCO1)C(=O)c1cc(Br)ccc1Cl. The summed E-state index contributed by atoms with van der Waals surface area (Å²) >= 11 is 9.40. The van der Waals surface area contributed by atoms with Gasteiger partial charge in [0.25, 0.3) is 5.91 Å². The standard InChI is InChI=1S/C13H15BrClNO2/c1-16(8-10-3-2-6-18-10)13(17)11-7-9(14)4-5-12(11)15/h4-5,7,10H,2-3,6,8H2,1H3. The van der Waals surface area contributed by atoms with Crippen LogP contribution in [0.25, 0.3) is 0 Å². The van der Waals surface area contributed by atoms with Gasteiger partial charge in [-0.15, -0.1) is 0 Å². The Bertz CT molecular complexity index is 447. The number of hydrogen-bond donors (Lipinski definition) is 0. The van der Waals surface area contributed by atoms with Crippen molar-refractivity contribution in [3.8, 4) is 0 Å². The fourth-order valence-electron chi connectivity index (χ4n) is 2.04. The average Bonchev–Trinajstić information content (AvgIpc) is 2.84. The summed E-state index contributed by atoms with van der Waals surface area (Å²) in [4.78, 5) is 13.9. The number of benzene rings is 1. The lowest BCUT2D eigenvalue weighted by atomic mass is 10.2. The van der Waals surface area contributed by atoms with Crippen LogP contribution in [0.4, 0.5) is 0 Å². The van der Waals surface area contributed by atoms with Crippen molar-refractivity contribution in [2.24, 2.45) is 0 Å². The topological polar surface area (TPSA) is 29.5 Å². The lowest BCUT2D eigenvalue weighted by Gasteiger charge is -2.21. The van der Waals surface area contributed by atoms with Crippen LogP contribution in [0, 0.1) is 0 Å². The maximum Gasteiger partial charge on any atom is 0.255 e. The minimum Gasteiger partial charge on any atom is -0.376 e. The van der Waals surface area contributed by atoms with E-state index in [1.54, 1.807) is 24.1 Å². The van der Waals surface area contributed by atoms with Gasteiger partial charge in [-0.05, 0) is 31.0 Å². The fraction of sp³-hybridized carbons (Fsp3) is 0.462. The van der Waals surface area contributed by atoms with Crippen LogP contribution in [0.2, 0.25) is 5.02 Å². The first-order valence-corrected chi connectivity index (χ1v) is 7.07. The van der Waals surface area contributed by atoms with Gasteiger partial charge in [0.1, 0.15) is 0 Å². The fourth-order valence-corrected chi connectivity index (χ4v) is 2.60. The number of rotatable bonds is 3. The second-order valence-corrected chi connectivity index (χ2v) is 5.77. The highest BCUT2D eigenvalue weighted by atomic mass is 79.9. The Kier molecular flexibility index (Phi) is 4.65. The van der Waals surface area contributed by atoms with Crippen LogP contribution in [0.3, 0.4) is 0 Å². The van der Waals surface area contributed by atoms with Gasteiger partial charge in [0.2, 0.25) is 0 Å². The molecule has 2 rings (SSSR count). The summed E-state index contributed by atoms with van der Waals surface area (Å²) < 4.78 is 6.38. The maximum absolute atomic E-state index is 12.3. The number of carbonyl (C=O) groups is 1. The third-order valence-corrected chi connectivity index (χ3v) is 3.83. The van der Waals surface area contributed by atoms with E-state index < -0.39 is 0 Å². The van der Waals surface area contributed by atoms with Crippen LogP contribution >= 0.6 is 27.5 Å². The molecule has 1 aromatic rings. The second-order valence-electron chi connectivity index (χ2n) is 4.44. The zero-order valence-electron chi connectivity index (χ0n) is 10.2. The number of ether oxygens (including phenoxy) is 1. The van der Waals surface area contributed by atoms with E-state index in [4.69, 9.17) is 16.3 Å². The molecule has 0 spiro atoms. The van der Waals surface area contributed by atoms with Gasteiger partial charge in [-0.3, -0.25) is 4.79 Å². The summed E-state index contributed by atoms with van der Waals surface area (Å²) in [5.41, 5.74) is 0.520. The summed E-state index contributed by atoms with van der Waals surface area (Å²) in [6.07, 6.45) is 2.25. The second kappa shape index (κ2) is 6.04. The Balaban J connectivity index is 2.07. The summed E-state index contributed by atoms with van der Waals surface area (Å²) in [5, 5.41) is 0.474. The first-order chi connectivity index (χ1) is 8.58. The average molecular weight is 333 g/mol. The smallest absolute Gasteiger partial charge is 0.255 e. The van der Waals surface area contributed by atoms with Crippen molar-refractivity contribution in [2.75, 3.05) is 20.2 Å². The Morgan fingerprint density at radius 2 is 2.39 bits per heavy atom. The van der Waals surface area contributed by atoms with Crippen molar-refractivity contribution in [3.63, 3.8) is 0 Å². The molecule has 1 aliphatic heterocycles. The summed E-state index contributed by atoms with van der Waals surface area (Å²) in [7, 11) is 1.78. The first-order valence-electron chi connectivity index (χ1n) is 5.90. The molecule has 1 heterocycles. The lowest BCUT2D eigenvalue weighted by molar-refractivity contribution is 0.0587. The molecule has 98 valence electrons. The molecule has 0 N–H and O–H groups in total. The zero-order valence-corrected chi connectivity index (χ0v) is 12.5. The maximum atomic E-state index is 12.3. The largest absolute Gasteiger partial charge is 0.376 e. The molecule has 0 saturated carbocycles. The molecule has 1 aromatic carbocycles. The number of hydrogen-bond acceptors (Lipinski definition) is 2. The van der Waals surface area contributed by atoms with Gasteiger partial charge in [-0.2, -0.15) is 0 Å². The van der Waals surface area contributed by atoms with Crippen molar-refractivity contribution in [1.29, 1.82) is 0 Å². The van der Waals surface area contributed by atoms with E-state index in [1.807, 2.05) is 6.07 Å². The molecule has 18 heavy (non-hydrogen) atoms. The number of halogens is 2. The summed E-state index contributed by atoms with van der Waals surface area (Å²) in [6, 6.07) is 5.29. The number of amides is 1. The Morgan fingerprint density at radius 1 is 1.61 bits per heavy atom. The molecule has 0 aliphatic carbocycles. The third-order valence-electron chi connectivity index (χ3n) is 3.01. The van der Waals surface area contributed by atoms with Gasteiger partial charge >= 0.3 is 0 Å². The van der Waals surface area contributed by atoms with Crippen LogP contribution < -0.4 is 0 Å². The lowest BCUT2D eigenvalue weighted by Crippen LogP contribution is -2.34. The minimum absolute atomic E-state index is 0.0724. The van der Waals surface area contributed by atoms with Gasteiger partial charge in [0.05, 0.1) is 16.7 Å². The van der Waals surface area contributed by atoms with Crippen molar-refractivity contribution < 1.29 is 9.53 Å². The Hall–Kier alpha value is -0.580. The van der Waals surface area contributed by atoms with Crippen molar-refractivity contribution in [3.05, 3.63) is 33.3 Å². The molecule has 1 unspecified atom stereocenters. The molecule has 0 radical (unpaired) electrons. The zero-order chi connectivity index (χ0) is 13.1. The number of nitrogens with zero attached hydrogens (tertiary/aromatic N) is 1. The van der Waals surface area contributed by atoms with E-state index in [0.717, 1.165) is 23.9 Å². The molecule has 5 heteroatoms. The highest BCUT2D eigenvalue weighted by Gasteiger charge is 2.22. The minimum atomic E-state index is -0.0724. The van der Waals surface area contributed by atoms with Crippen LogP contribution in [0.15, 0.2) is 22.7 Å². The van der Waals surface area contributed by atoms with Crippen molar-refractivity contribution >= 4 is 33.4 Å². The molecule has 1 atom stereocenters. The quantitative estimate of drug-likeness (QED) is 0.849. The summed E-state index contributed by atoms with van der Waals surface area (Å²) in [5.74, 6) is -0.0724. The van der Waals surface area contributed by atoms with E-state index in [2.05, 4.69) is 15.9 Å². The Morgan fingerprint density at radius 3 is 3.06 bits per heavy atom. The highest BCUT2D eigenvalue weighted by Crippen LogP contribution is 2.23. The van der Waals surface area contributed by atoms with E-state index in [0.29, 0.717) is 17.1 Å².